The molecule has 6 heteroatoms. The van der Waals surface area contributed by atoms with Crippen molar-refractivity contribution in [3.05, 3.63) is 0 Å². The monoisotopic (exact) mass is 165 g/mol. The van der Waals surface area contributed by atoms with Gasteiger partial charge >= 0.3 is 75.7 Å². The van der Waals surface area contributed by atoms with Gasteiger partial charge in [0.15, 0.2) is 0 Å². The van der Waals surface area contributed by atoms with Crippen LogP contribution in [0.15, 0.2) is 0 Å². The molecule has 0 aliphatic carbocycles. The van der Waals surface area contributed by atoms with Gasteiger partial charge in [-0.3, -0.25) is 0 Å². The molecule has 12 heavy (non-hydrogen) atoms. The zero-order chi connectivity index (χ0) is 9.40. The SMILES string of the molecule is [B]OCC(C)OCC(C)OB=[B]. The van der Waals surface area contributed by atoms with Crippen LogP contribution in [0.5, 0.6) is 0 Å². The average molecular weight is 165 g/mol. The van der Waals surface area contributed by atoms with Crippen molar-refractivity contribution in [1.29, 1.82) is 0 Å². The fourth-order valence-electron chi connectivity index (χ4n) is 0.657. The van der Waals surface area contributed by atoms with Gasteiger partial charge < -0.3 is 0 Å². The Bertz CT molecular complexity index is 123. The van der Waals surface area contributed by atoms with Crippen LogP contribution in [0.3, 0.4) is 0 Å². The molecular weight excluding hydrogens is 152 g/mol. The van der Waals surface area contributed by atoms with E-state index in [0.717, 1.165) is 7.00 Å². The summed E-state index contributed by atoms with van der Waals surface area (Å²) < 4.78 is 14.6. The Morgan fingerprint density at radius 1 is 1.25 bits per heavy atom. The quantitative estimate of drug-likeness (QED) is 0.480. The third-order valence-electron chi connectivity index (χ3n) is 1.26. The van der Waals surface area contributed by atoms with E-state index in [1.807, 2.05) is 13.8 Å². The van der Waals surface area contributed by atoms with E-state index in [0.29, 0.717) is 13.2 Å². The Morgan fingerprint density at radius 3 is 2.42 bits per heavy atom. The third kappa shape index (κ3) is 6.61. The van der Waals surface area contributed by atoms with Gasteiger partial charge in [-0.1, -0.05) is 0 Å². The predicted octanol–water partition coefficient (Wildman–Crippen LogP) is -0.401. The summed E-state index contributed by atoms with van der Waals surface area (Å²) in [6.45, 7) is 4.57. The zero-order valence-corrected chi connectivity index (χ0v) is 7.53. The Balaban J connectivity index is 3.32. The molecule has 0 saturated heterocycles. The second-order valence-electron chi connectivity index (χ2n) is 2.56. The van der Waals surface area contributed by atoms with Crippen LogP contribution in [0.4, 0.5) is 0 Å². The second-order valence-corrected chi connectivity index (χ2v) is 2.56. The van der Waals surface area contributed by atoms with Crippen molar-refractivity contribution in [1.82, 2.24) is 0 Å². The van der Waals surface area contributed by atoms with Gasteiger partial charge in [0.1, 0.15) is 0 Å². The molecule has 0 bridgehead atoms. The third-order valence-corrected chi connectivity index (χ3v) is 1.26. The number of ether oxygens (including phenoxy) is 1. The van der Waals surface area contributed by atoms with E-state index in [2.05, 4.69) is 4.65 Å². The van der Waals surface area contributed by atoms with E-state index in [1.54, 1.807) is 0 Å². The first-order valence-electron chi connectivity index (χ1n) is 3.82. The summed E-state index contributed by atoms with van der Waals surface area (Å²) in [4.78, 5) is 0. The minimum absolute atomic E-state index is 0.0289. The fourth-order valence-corrected chi connectivity index (χ4v) is 0.657. The molecule has 0 amide bonds. The van der Waals surface area contributed by atoms with Crippen LogP contribution in [-0.2, 0) is 14.0 Å². The molecular formula is C6H12B3O3. The summed E-state index contributed by atoms with van der Waals surface area (Å²) in [6, 6.07) is 0. The van der Waals surface area contributed by atoms with Gasteiger partial charge in [-0.05, 0) is 0 Å². The molecule has 0 spiro atoms. The van der Waals surface area contributed by atoms with Gasteiger partial charge in [0.05, 0.1) is 0 Å². The van der Waals surface area contributed by atoms with Crippen LogP contribution in [0.1, 0.15) is 13.8 Å². The Labute approximate surface area is 76.5 Å². The van der Waals surface area contributed by atoms with Crippen LogP contribution < -0.4 is 0 Å². The van der Waals surface area contributed by atoms with Crippen molar-refractivity contribution in [2.24, 2.45) is 0 Å². The zero-order valence-electron chi connectivity index (χ0n) is 7.53. The second kappa shape index (κ2) is 7.56. The van der Waals surface area contributed by atoms with Crippen molar-refractivity contribution >= 4 is 22.4 Å². The van der Waals surface area contributed by atoms with Crippen molar-refractivity contribution in [2.75, 3.05) is 13.2 Å². The maximum absolute atomic E-state index is 5.29. The first kappa shape index (κ1) is 11.9. The molecule has 0 aliphatic rings. The summed E-state index contributed by atoms with van der Waals surface area (Å²) in [5.41, 5.74) is 0. The Kier molecular flexibility index (Phi) is 7.50. The van der Waals surface area contributed by atoms with Crippen molar-refractivity contribution in [3.8, 4) is 0 Å². The Hall–Kier alpha value is -0.0852. The van der Waals surface area contributed by atoms with E-state index in [1.165, 1.54) is 0 Å². The molecule has 0 aliphatic heterocycles. The molecule has 0 N–H and O–H groups in total. The molecule has 3 nitrogen and oxygen atoms in total. The maximum atomic E-state index is 5.29. The summed E-state index contributed by atoms with van der Waals surface area (Å²) in [7, 11) is 11.1. The van der Waals surface area contributed by atoms with Gasteiger partial charge in [-0.15, -0.1) is 0 Å². The van der Waals surface area contributed by atoms with Gasteiger partial charge in [0, 0.05) is 0 Å². The minimum atomic E-state index is -0.0461. The van der Waals surface area contributed by atoms with Gasteiger partial charge in [-0.2, -0.15) is 0 Å². The molecule has 0 aromatic carbocycles. The topological polar surface area (TPSA) is 27.7 Å². The molecule has 63 valence electrons. The molecule has 0 aromatic rings. The van der Waals surface area contributed by atoms with E-state index < -0.39 is 0 Å². The van der Waals surface area contributed by atoms with Crippen molar-refractivity contribution < 1.29 is 14.0 Å². The summed E-state index contributed by atoms with van der Waals surface area (Å²) in [6.07, 6.45) is -0.0750. The number of hydrogen-bond acceptors (Lipinski definition) is 3. The molecule has 0 saturated carbocycles. The van der Waals surface area contributed by atoms with Crippen LogP contribution in [-0.4, -0.2) is 47.8 Å². The van der Waals surface area contributed by atoms with E-state index in [4.69, 9.17) is 24.8 Å². The van der Waals surface area contributed by atoms with E-state index >= 15 is 0 Å². The normalized spacial score (nSPS) is 14.8. The molecule has 0 heterocycles. The van der Waals surface area contributed by atoms with E-state index in [9.17, 15) is 0 Å². The van der Waals surface area contributed by atoms with Crippen LogP contribution in [0, 0.1) is 0 Å². The molecule has 3 radical (unpaired) electrons. The van der Waals surface area contributed by atoms with Crippen LogP contribution in [0.25, 0.3) is 0 Å². The fraction of sp³-hybridized carbons (Fsp3) is 1.00. The molecule has 0 rings (SSSR count). The molecule has 0 aromatic heterocycles. The first-order chi connectivity index (χ1) is 5.70. The molecule has 2 atom stereocenters. The van der Waals surface area contributed by atoms with Crippen molar-refractivity contribution in [3.63, 3.8) is 0 Å². The van der Waals surface area contributed by atoms with Gasteiger partial charge in [0.2, 0.25) is 0 Å². The predicted molar refractivity (Wildman–Crippen MR) is 49.2 cm³/mol. The standard InChI is InChI=1S/C6H12B3O3/c1-5(4-11-8)10-3-6(2)12-9-7/h5-6H,3-4H2,1-2H3. The molecule has 2 unspecified atom stereocenters. The van der Waals surface area contributed by atoms with Gasteiger partial charge in [0.25, 0.3) is 0 Å². The summed E-state index contributed by atoms with van der Waals surface area (Å²) in [5, 5.41) is 0. The number of rotatable bonds is 7. The van der Waals surface area contributed by atoms with Crippen molar-refractivity contribution in [2.45, 2.75) is 26.1 Å². The summed E-state index contributed by atoms with van der Waals surface area (Å²) in [5.74, 6) is 0. The average Bonchev–Trinajstić information content (AvgIpc) is 2.02. The van der Waals surface area contributed by atoms with Crippen LogP contribution >= 0.6 is 0 Å². The van der Waals surface area contributed by atoms with Gasteiger partial charge in [-0.25, -0.2) is 0 Å². The number of hydrogen-bond donors (Lipinski definition) is 0. The Morgan fingerprint density at radius 2 is 1.92 bits per heavy atom. The molecule has 0 fully saturated rings. The first-order valence-corrected chi connectivity index (χ1v) is 3.82. The van der Waals surface area contributed by atoms with Crippen LogP contribution in [0.2, 0.25) is 0 Å². The summed E-state index contributed by atoms with van der Waals surface area (Å²) >= 11 is 0. The van der Waals surface area contributed by atoms with E-state index in [-0.39, 0.29) is 12.2 Å².